The molecule has 0 N–H and O–H groups in total. The highest BCUT2D eigenvalue weighted by molar-refractivity contribution is 5.73. The molecule has 1 aromatic heterocycles. The number of ether oxygens (including phenoxy) is 2. The number of aryl methyl sites for hydroxylation is 1. The molecule has 2 aromatic rings. The lowest BCUT2D eigenvalue weighted by molar-refractivity contribution is -0.384. The molecule has 0 atom stereocenters. The van der Waals surface area contributed by atoms with Crippen molar-refractivity contribution in [2.45, 2.75) is 6.92 Å². The van der Waals surface area contributed by atoms with E-state index in [9.17, 15) is 10.1 Å². The summed E-state index contributed by atoms with van der Waals surface area (Å²) in [6.07, 6.45) is 1.43. The van der Waals surface area contributed by atoms with Crippen LogP contribution in [0.2, 0.25) is 0 Å². The van der Waals surface area contributed by atoms with Gasteiger partial charge in [-0.15, -0.1) is 0 Å². The van der Waals surface area contributed by atoms with Gasteiger partial charge in [0.1, 0.15) is 5.56 Å². The van der Waals surface area contributed by atoms with E-state index in [1.807, 2.05) is 0 Å². The van der Waals surface area contributed by atoms with E-state index in [4.69, 9.17) is 13.9 Å². The Hall–Kier alpha value is -2.57. The van der Waals surface area contributed by atoms with E-state index in [-0.39, 0.29) is 11.4 Å². The standard InChI is InChI=1S/C12H12N2O5/c1-7-13-6-12(19-7)8-4-10(17-2)11(18-3)5-9(8)14(15)16/h4-6H,1-3H3. The molecule has 0 bridgehead atoms. The van der Waals surface area contributed by atoms with Crippen LogP contribution in [-0.2, 0) is 0 Å². The average molecular weight is 264 g/mol. The largest absolute Gasteiger partial charge is 0.493 e. The van der Waals surface area contributed by atoms with E-state index in [0.29, 0.717) is 23.0 Å². The quantitative estimate of drug-likeness (QED) is 0.623. The fourth-order valence-electron chi connectivity index (χ4n) is 1.70. The van der Waals surface area contributed by atoms with Gasteiger partial charge in [0.25, 0.3) is 5.69 Å². The Bertz CT molecular complexity index is 621. The van der Waals surface area contributed by atoms with Gasteiger partial charge < -0.3 is 13.9 Å². The Morgan fingerprint density at radius 1 is 1.26 bits per heavy atom. The van der Waals surface area contributed by atoms with Crippen LogP contribution in [0.25, 0.3) is 11.3 Å². The Morgan fingerprint density at radius 2 is 1.89 bits per heavy atom. The zero-order valence-electron chi connectivity index (χ0n) is 10.7. The Kier molecular flexibility index (Phi) is 3.37. The molecule has 0 radical (unpaired) electrons. The highest BCUT2D eigenvalue weighted by atomic mass is 16.6. The predicted molar refractivity (Wildman–Crippen MR) is 66.4 cm³/mol. The average Bonchev–Trinajstić information content (AvgIpc) is 2.83. The van der Waals surface area contributed by atoms with Crippen molar-refractivity contribution in [2.75, 3.05) is 14.2 Å². The lowest BCUT2D eigenvalue weighted by Gasteiger charge is -2.09. The van der Waals surface area contributed by atoms with Crippen molar-refractivity contribution < 1.29 is 18.8 Å². The number of methoxy groups -OCH3 is 2. The molecule has 100 valence electrons. The van der Waals surface area contributed by atoms with Crippen LogP contribution in [0.1, 0.15) is 5.89 Å². The van der Waals surface area contributed by atoms with E-state index in [2.05, 4.69) is 4.98 Å². The first-order valence-corrected chi connectivity index (χ1v) is 5.40. The lowest BCUT2D eigenvalue weighted by atomic mass is 10.1. The van der Waals surface area contributed by atoms with Crippen molar-refractivity contribution in [3.05, 3.63) is 34.3 Å². The second kappa shape index (κ2) is 4.97. The second-order valence-corrected chi connectivity index (χ2v) is 3.72. The molecule has 1 heterocycles. The molecule has 0 aliphatic heterocycles. The maximum atomic E-state index is 11.1. The molecular formula is C12H12N2O5. The Morgan fingerprint density at radius 3 is 2.37 bits per heavy atom. The lowest BCUT2D eigenvalue weighted by Crippen LogP contribution is -1.96. The second-order valence-electron chi connectivity index (χ2n) is 3.72. The number of nitrogens with zero attached hydrogens (tertiary/aromatic N) is 2. The summed E-state index contributed by atoms with van der Waals surface area (Å²) in [6.45, 7) is 1.66. The number of aromatic nitrogens is 1. The van der Waals surface area contributed by atoms with Crippen LogP contribution in [0.5, 0.6) is 11.5 Å². The van der Waals surface area contributed by atoms with Crippen LogP contribution in [-0.4, -0.2) is 24.1 Å². The molecule has 19 heavy (non-hydrogen) atoms. The normalized spacial score (nSPS) is 10.3. The number of rotatable bonds is 4. The number of hydrogen-bond donors (Lipinski definition) is 0. The highest BCUT2D eigenvalue weighted by Gasteiger charge is 2.23. The SMILES string of the molecule is COc1cc(-c2cnc(C)o2)c([N+](=O)[O-])cc1OC. The molecule has 7 heteroatoms. The summed E-state index contributed by atoms with van der Waals surface area (Å²) in [5.74, 6) is 1.41. The number of nitro groups is 1. The zero-order valence-corrected chi connectivity index (χ0v) is 10.7. The van der Waals surface area contributed by atoms with Crippen molar-refractivity contribution in [3.8, 4) is 22.8 Å². The van der Waals surface area contributed by atoms with Crippen LogP contribution in [0.3, 0.4) is 0 Å². The fraction of sp³-hybridized carbons (Fsp3) is 0.250. The van der Waals surface area contributed by atoms with Crippen molar-refractivity contribution in [3.63, 3.8) is 0 Å². The summed E-state index contributed by atoms with van der Waals surface area (Å²) in [5, 5.41) is 11.1. The maximum absolute atomic E-state index is 11.1. The first-order chi connectivity index (χ1) is 9.06. The van der Waals surface area contributed by atoms with Crippen LogP contribution >= 0.6 is 0 Å². The summed E-state index contributed by atoms with van der Waals surface area (Å²) < 4.78 is 15.5. The maximum Gasteiger partial charge on any atom is 0.284 e. The molecule has 0 aliphatic carbocycles. The van der Waals surface area contributed by atoms with Gasteiger partial charge in [-0.05, 0) is 0 Å². The van der Waals surface area contributed by atoms with Gasteiger partial charge in [0.15, 0.2) is 23.1 Å². The minimum Gasteiger partial charge on any atom is -0.493 e. The number of nitro benzene ring substituents is 1. The monoisotopic (exact) mass is 264 g/mol. The van der Waals surface area contributed by atoms with Crippen LogP contribution in [0.15, 0.2) is 22.7 Å². The van der Waals surface area contributed by atoms with Crippen LogP contribution < -0.4 is 9.47 Å². The summed E-state index contributed by atoms with van der Waals surface area (Å²) in [5.41, 5.74) is 0.164. The van der Waals surface area contributed by atoms with Crippen LogP contribution in [0, 0.1) is 17.0 Å². The molecule has 7 nitrogen and oxygen atoms in total. The third kappa shape index (κ3) is 2.35. The Labute approximate surface area is 108 Å². The van der Waals surface area contributed by atoms with E-state index in [1.54, 1.807) is 6.92 Å². The molecular weight excluding hydrogens is 252 g/mol. The van der Waals surface area contributed by atoms with E-state index >= 15 is 0 Å². The van der Waals surface area contributed by atoms with Crippen molar-refractivity contribution in [1.29, 1.82) is 0 Å². The summed E-state index contributed by atoms with van der Waals surface area (Å²) >= 11 is 0. The zero-order chi connectivity index (χ0) is 14.0. The molecule has 0 unspecified atom stereocenters. The first-order valence-electron chi connectivity index (χ1n) is 5.40. The van der Waals surface area contributed by atoms with Gasteiger partial charge in [0.05, 0.1) is 31.4 Å². The molecule has 0 saturated heterocycles. The van der Waals surface area contributed by atoms with Crippen molar-refractivity contribution >= 4 is 5.69 Å². The molecule has 2 rings (SSSR count). The van der Waals surface area contributed by atoms with Gasteiger partial charge in [-0.3, -0.25) is 10.1 Å². The van der Waals surface area contributed by atoms with E-state index < -0.39 is 4.92 Å². The van der Waals surface area contributed by atoms with Gasteiger partial charge in [0, 0.05) is 13.0 Å². The molecule has 0 aliphatic rings. The molecule has 0 fully saturated rings. The minimum atomic E-state index is -0.505. The smallest absolute Gasteiger partial charge is 0.284 e. The molecule has 1 aromatic carbocycles. The minimum absolute atomic E-state index is 0.131. The van der Waals surface area contributed by atoms with Gasteiger partial charge in [-0.2, -0.15) is 0 Å². The third-order valence-corrected chi connectivity index (χ3v) is 2.59. The van der Waals surface area contributed by atoms with Crippen molar-refractivity contribution in [2.24, 2.45) is 0 Å². The van der Waals surface area contributed by atoms with Gasteiger partial charge in [0.2, 0.25) is 0 Å². The summed E-state index contributed by atoms with van der Waals surface area (Å²) in [4.78, 5) is 14.5. The third-order valence-electron chi connectivity index (χ3n) is 2.59. The van der Waals surface area contributed by atoms with Crippen molar-refractivity contribution in [1.82, 2.24) is 4.98 Å². The molecule has 0 amide bonds. The highest BCUT2D eigenvalue weighted by Crippen LogP contribution is 2.39. The van der Waals surface area contributed by atoms with Crippen LogP contribution in [0.4, 0.5) is 5.69 Å². The number of oxazole rings is 1. The van der Waals surface area contributed by atoms with Gasteiger partial charge in [-0.25, -0.2) is 4.98 Å². The predicted octanol–water partition coefficient (Wildman–Crippen LogP) is 2.58. The first kappa shape index (κ1) is 12.9. The van der Waals surface area contributed by atoms with E-state index in [0.717, 1.165) is 0 Å². The summed E-state index contributed by atoms with van der Waals surface area (Å²) in [7, 11) is 2.87. The van der Waals surface area contributed by atoms with Gasteiger partial charge in [-0.1, -0.05) is 0 Å². The fourth-order valence-corrected chi connectivity index (χ4v) is 1.70. The van der Waals surface area contributed by atoms with E-state index in [1.165, 1.54) is 32.5 Å². The molecule has 0 saturated carbocycles. The number of benzene rings is 1. The Balaban J connectivity index is 2.67. The summed E-state index contributed by atoms with van der Waals surface area (Å²) in [6, 6.07) is 2.79. The van der Waals surface area contributed by atoms with Gasteiger partial charge >= 0.3 is 0 Å². The topological polar surface area (TPSA) is 87.6 Å². The molecule has 0 spiro atoms. The number of hydrogen-bond acceptors (Lipinski definition) is 6.